The van der Waals surface area contributed by atoms with E-state index >= 15 is 0 Å². The SMILES string of the molecule is CCCCN(c1cc(CO)cc(C(C)(C)C)n1)C(C)CC. The van der Waals surface area contributed by atoms with Crippen LogP contribution in [0, 0.1) is 0 Å². The lowest BCUT2D eigenvalue weighted by molar-refractivity contribution is 0.281. The van der Waals surface area contributed by atoms with Crippen LogP contribution in [0.25, 0.3) is 0 Å². The van der Waals surface area contributed by atoms with Crippen molar-refractivity contribution in [3.63, 3.8) is 0 Å². The molecule has 3 heteroatoms. The van der Waals surface area contributed by atoms with E-state index in [9.17, 15) is 5.11 Å². The summed E-state index contributed by atoms with van der Waals surface area (Å²) in [7, 11) is 0. The minimum Gasteiger partial charge on any atom is -0.392 e. The molecule has 0 amide bonds. The van der Waals surface area contributed by atoms with E-state index in [0.29, 0.717) is 6.04 Å². The van der Waals surface area contributed by atoms with Gasteiger partial charge in [0.2, 0.25) is 0 Å². The summed E-state index contributed by atoms with van der Waals surface area (Å²) in [6.07, 6.45) is 3.44. The lowest BCUT2D eigenvalue weighted by Crippen LogP contribution is -2.35. The number of nitrogens with zero attached hydrogens (tertiary/aromatic N) is 2. The molecule has 0 spiro atoms. The number of hydrogen-bond acceptors (Lipinski definition) is 3. The molecule has 1 aromatic heterocycles. The van der Waals surface area contributed by atoms with E-state index in [1.165, 1.54) is 12.8 Å². The Bertz CT molecular complexity index is 437. The summed E-state index contributed by atoms with van der Waals surface area (Å²) >= 11 is 0. The topological polar surface area (TPSA) is 36.4 Å². The molecule has 0 aromatic carbocycles. The Morgan fingerprint density at radius 2 is 1.90 bits per heavy atom. The lowest BCUT2D eigenvalue weighted by Gasteiger charge is -2.31. The van der Waals surface area contributed by atoms with Crippen LogP contribution >= 0.6 is 0 Å². The molecule has 0 aliphatic carbocycles. The molecule has 1 heterocycles. The zero-order chi connectivity index (χ0) is 16.0. The number of pyridine rings is 1. The third-order valence-electron chi connectivity index (χ3n) is 3.99. The van der Waals surface area contributed by atoms with Gasteiger partial charge in [0.05, 0.1) is 6.61 Å². The maximum absolute atomic E-state index is 9.56. The Morgan fingerprint density at radius 1 is 1.24 bits per heavy atom. The molecule has 0 saturated carbocycles. The smallest absolute Gasteiger partial charge is 0.129 e. The van der Waals surface area contributed by atoms with Crippen molar-refractivity contribution in [2.24, 2.45) is 0 Å². The number of aliphatic hydroxyl groups excluding tert-OH is 1. The third kappa shape index (κ3) is 4.99. The van der Waals surface area contributed by atoms with Crippen molar-refractivity contribution in [1.29, 1.82) is 0 Å². The van der Waals surface area contributed by atoms with E-state index < -0.39 is 0 Å². The molecular weight excluding hydrogens is 260 g/mol. The molecule has 0 aliphatic rings. The van der Waals surface area contributed by atoms with Crippen LogP contribution in [-0.2, 0) is 12.0 Å². The first-order chi connectivity index (χ1) is 9.83. The van der Waals surface area contributed by atoms with E-state index in [1.807, 2.05) is 12.1 Å². The molecule has 1 aromatic rings. The van der Waals surface area contributed by atoms with Gasteiger partial charge in [0, 0.05) is 23.7 Å². The maximum Gasteiger partial charge on any atom is 0.129 e. The first-order valence-corrected chi connectivity index (χ1v) is 8.22. The second-order valence-corrected chi connectivity index (χ2v) is 6.93. The molecule has 0 aliphatic heterocycles. The number of anilines is 1. The quantitative estimate of drug-likeness (QED) is 0.815. The molecule has 0 radical (unpaired) electrons. The molecule has 1 N–H and O–H groups in total. The highest BCUT2D eigenvalue weighted by atomic mass is 16.3. The van der Waals surface area contributed by atoms with Crippen molar-refractivity contribution in [2.75, 3.05) is 11.4 Å². The Labute approximate surface area is 130 Å². The van der Waals surface area contributed by atoms with Crippen LogP contribution in [0.3, 0.4) is 0 Å². The fraction of sp³-hybridized carbons (Fsp3) is 0.722. The second kappa shape index (κ2) is 7.79. The normalized spacial score (nSPS) is 13.3. The van der Waals surface area contributed by atoms with Gasteiger partial charge < -0.3 is 10.0 Å². The minimum absolute atomic E-state index is 0.00813. The van der Waals surface area contributed by atoms with Crippen molar-refractivity contribution >= 4 is 5.82 Å². The summed E-state index contributed by atoms with van der Waals surface area (Å²) in [5.41, 5.74) is 2.00. The van der Waals surface area contributed by atoms with Crippen LogP contribution in [0.15, 0.2) is 12.1 Å². The molecule has 0 fully saturated rings. The fourth-order valence-corrected chi connectivity index (χ4v) is 2.30. The summed E-state index contributed by atoms with van der Waals surface area (Å²) in [6, 6.07) is 4.53. The van der Waals surface area contributed by atoms with E-state index in [0.717, 1.165) is 30.0 Å². The van der Waals surface area contributed by atoms with Gasteiger partial charge >= 0.3 is 0 Å². The summed E-state index contributed by atoms with van der Waals surface area (Å²) in [5, 5.41) is 9.56. The Kier molecular flexibility index (Phi) is 6.66. The van der Waals surface area contributed by atoms with Gasteiger partial charge in [0.1, 0.15) is 5.82 Å². The Morgan fingerprint density at radius 3 is 2.38 bits per heavy atom. The van der Waals surface area contributed by atoms with Crippen molar-refractivity contribution < 1.29 is 5.11 Å². The highest BCUT2D eigenvalue weighted by Gasteiger charge is 2.20. The van der Waals surface area contributed by atoms with Crippen LogP contribution in [0.1, 0.15) is 72.1 Å². The zero-order valence-electron chi connectivity index (χ0n) is 14.6. The van der Waals surface area contributed by atoms with Gasteiger partial charge in [-0.25, -0.2) is 4.98 Å². The van der Waals surface area contributed by atoms with Gasteiger partial charge in [-0.2, -0.15) is 0 Å². The molecular formula is C18H32N2O. The predicted octanol–water partition coefficient (Wildman–Crippen LogP) is 4.28. The van der Waals surface area contributed by atoms with Crippen LogP contribution < -0.4 is 4.90 Å². The van der Waals surface area contributed by atoms with Crippen molar-refractivity contribution in [3.8, 4) is 0 Å². The molecule has 3 nitrogen and oxygen atoms in total. The first-order valence-electron chi connectivity index (χ1n) is 8.22. The molecule has 1 unspecified atom stereocenters. The summed E-state index contributed by atoms with van der Waals surface area (Å²) < 4.78 is 0. The molecule has 21 heavy (non-hydrogen) atoms. The van der Waals surface area contributed by atoms with Crippen molar-refractivity contribution in [2.45, 2.75) is 78.9 Å². The monoisotopic (exact) mass is 292 g/mol. The molecule has 120 valence electrons. The van der Waals surface area contributed by atoms with E-state index in [2.05, 4.69) is 46.4 Å². The van der Waals surface area contributed by atoms with Gasteiger partial charge in [-0.1, -0.05) is 41.0 Å². The van der Waals surface area contributed by atoms with Crippen LogP contribution in [0.4, 0.5) is 5.82 Å². The molecule has 1 atom stereocenters. The number of unbranched alkanes of at least 4 members (excludes halogenated alkanes) is 1. The van der Waals surface area contributed by atoms with Crippen LogP contribution in [-0.4, -0.2) is 22.7 Å². The Balaban J connectivity index is 3.22. The van der Waals surface area contributed by atoms with E-state index in [4.69, 9.17) is 4.98 Å². The largest absolute Gasteiger partial charge is 0.392 e. The van der Waals surface area contributed by atoms with E-state index in [1.54, 1.807) is 0 Å². The Hall–Kier alpha value is -1.09. The van der Waals surface area contributed by atoms with Gasteiger partial charge in [-0.05, 0) is 37.5 Å². The van der Waals surface area contributed by atoms with Crippen LogP contribution in [0.5, 0.6) is 0 Å². The lowest BCUT2D eigenvalue weighted by atomic mass is 9.90. The zero-order valence-corrected chi connectivity index (χ0v) is 14.6. The van der Waals surface area contributed by atoms with Crippen molar-refractivity contribution in [3.05, 3.63) is 23.4 Å². The first kappa shape index (κ1) is 18.0. The number of hydrogen-bond donors (Lipinski definition) is 1. The summed E-state index contributed by atoms with van der Waals surface area (Å²) in [6.45, 7) is 14.3. The average Bonchev–Trinajstić information content (AvgIpc) is 2.46. The molecule has 0 saturated heterocycles. The van der Waals surface area contributed by atoms with Gasteiger partial charge in [0.15, 0.2) is 0 Å². The summed E-state index contributed by atoms with van der Waals surface area (Å²) in [5.74, 6) is 1.01. The number of aliphatic hydroxyl groups is 1. The minimum atomic E-state index is -0.00813. The second-order valence-electron chi connectivity index (χ2n) is 6.93. The maximum atomic E-state index is 9.56. The van der Waals surface area contributed by atoms with Gasteiger partial charge in [-0.15, -0.1) is 0 Å². The van der Waals surface area contributed by atoms with Crippen LogP contribution in [0.2, 0.25) is 0 Å². The van der Waals surface area contributed by atoms with Gasteiger partial charge in [0.25, 0.3) is 0 Å². The molecule has 1 rings (SSSR count). The number of rotatable bonds is 7. The third-order valence-corrected chi connectivity index (χ3v) is 3.99. The van der Waals surface area contributed by atoms with Gasteiger partial charge in [-0.3, -0.25) is 0 Å². The summed E-state index contributed by atoms with van der Waals surface area (Å²) in [4.78, 5) is 7.28. The highest BCUT2D eigenvalue weighted by molar-refractivity contribution is 5.44. The number of aromatic nitrogens is 1. The highest BCUT2D eigenvalue weighted by Crippen LogP contribution is 2.26. The fourth-order valence-electron chi connectivity index (χ4n) is 2.30. The van der Waals surface area contributed by atoms with E-state index in [-0.39, 0.29) is 12.0 Å². The average molecular weight is 292 g/mol. The molecule has 0 bridgehead atoms. The predicted molar refractivity (Wildman–Crippen MR) is 90.9 cm³/mol. The standard InChI is InChI=1S/C18H32N2O/c1-7-9-10-20(14(3)8-2)17-12-15(13-21)11-16(19-17)18(4,5)6/h11-12,14,21H,7-10,13H2,1-6H3. The van der Waals surface area contributed by atoms with Crippen molar-refractivity contribution in [1.82, 2.24) is 4.98 Å².